The minimum Gasteiger partial charge on any atom is -0.316 e. The number of hydrogen-bond acceptors (Lipinski definition) is 3. The van der Waals surface area contributed by atoms with E-state index >= 15 is 0 Å². The Hall–Kier alpha value is -1.05. The maximum Gasteiger partial charge on any atom is 0.240 e. The quantitative estimate of drug-likeness (QED) is 0.869. The number of rotatable bonds is 5. The average Bonchev–Trinajstić information content (AvgIpc) is 2.38. The van der Waals surface area contributed by atoms with Gasteiger partial charge in [0, 0.05) is 12.6 Å². The van der Waals surface area contributed by atoms with E-state index in [1.54, 1.807) is 0 Å². The lowest BCUT2D eigenvalue weighted by atomic mass is 9.96. The van der Waals surface area contributed by atoms with E-state index in [4.69, 9.17) is 0 Å². The van der Waals surface area contributed by atoms with E-state index in [1.807, 2.05) is 0 Å². The largest absolute Gasteiger partial charge is 0.316 e. The lowest BCUT2D eigenvalue weighted by Crippen LogP contribution is -2.33. The van der Waals surface area contributed by atoms with Crippen LogP contribution in [0.25, 0.3) is 0 Å². The van der Waals surface area contributed by atoms with E-state index in [1.165, 1.54) is 0 Å². The molecule has 7 heteroatoms. The van der Waals surface area contributed by atoms with Crippen LogP contribution in [0.1, 0.15) is 19.3 Å². The summed E-state index contributed by atoms with van der Waals surface area (Å²) in [7, 11) is -3.86. The normalized spacial score (nSPS) is 20.0. The first kappa shape index (κ1) is 15.3. The molecule has 4 nitrogen and oxygen atoms in total. The zero-order valence-corrected chi connectivity index (χ0v) is 11.8. The van der Waals surface area contributed by atoms with Gasteiger partial charge in [0.25, 0.3) is 0 Å². The summed E-state index contributed by atoms with van der Waals surface area (Å²) < 4.78 is 52.3. The summed E-state index contributed by atoms with van der Waals surface area (Å²) in [4.78, 5) is -0.378. The molecule has 1 unspecified atom stereocenters. The third kappa shape index (κ3) is 4.22. The molecule has 0 radical (unpaired) electrons. The Morgan fingerprint density at radius 2 is 1.95 bits per heavy atom. The van der Waals surface area contributed by atoms with Crippen molar-refractivity contribution < 1.29 is 17.2 Å². The van der Waals surface area contributed by atoms with Gasteiger partial charge < -0.3 is 5.32 Å². The van der Waals surface area contributed by atoms with E-state index in [9.17, 15) is 17.2 Å². The van der Waals surface area contributed by atoms with Crippen LogP contribution in [0, 0.1) is 17.6 Å². The highest BCUT2D eigenvalue weighted by Gasteiger charge is 2.18. The molecule has 1 saturated heterocycles. The van der Waals surface area contributed by atoms with E-state index in [0.717, 1.165) is 38.1 Å². The second-order valence-electron chi connectivity index (χ2n) is 5.00. The molecule has 1 atom stereocenters. The molecule has 20 heavy (non-hydrogen) atoms. The van der Waals surface area contributed by atoms with Gasteiger partial charge >= 0.3 is 0 Å². The maximum absolute atomic E-state index is 13.0. The van der Waals surface area contributed by atoms with Crippen LogP contribution < -0.4 is 10.0 Å². The lowest BCUT2D eigenvalue weighted by Gasteiger charge is -2.22. The lowest BCUT2D eigenvalue weighted by molar-refractivity contribution is 0.358. The molecule has 0 aromatic heterocycles. The summed E-state index contributed by atoms with van der Waals surface area (Å²) >= 11 is 0. The fraction of sp³-hybridized carbons (Fsp3) is 0.538. The Balaban J connectivity index is 1.93. The number of sulfonamides is 1. The van der Waals surface area contributed by atoms with Crippen LogP contribution in [0.15, 0.2) is 23.1 Å². The molecule has 1 aromatic carbocycles. The van der Waals surface area contributed by atoms with Crippen molar-refractivity contribution in [2.45, 2.75) is 24.2 Å². The highest BCUT2D eigenvalue weighted by atomic mass is 32.2. The molecule has 0 saturated carbocycles. The number of hydrogen-bond donors (Lipinski definition) is 2. The van der Waals surface area contributed by atoms with Crippen LogP contribution in [0.4, 0.5) is 8.78 Å². The number of nitrogens with one attached hydrogen (secondary N) is 2. The summed E-state index contributed by atoms with van der Waals surface area (Å²) in [6, 6.07) is 2.27. The Bertz CT molecular complexity index is 537. The van der Waals surface area contributed by atoms with Crippen molar-refractivity contribution in [1.82, 2.24) is 10.0 Å². The second kappa shape index (κ2) is 6.60. The van der Waals surface area contributed by atoms with Crippen LogP contribution in [0.5, 0.6) is 0 Å². The van der Waals surface area contributed by atoms with Crippen molar-refractivity contribution in [2.24, 2.45) is 5.92 Å². The first-order valence-corrected chi connectivity index (χ1v) is 8.12. The SMILES string of the molecule is O=S(=O)(NCCC1CCCNC1)c1cc(F)cc(F)c1. The molecule has 2 rings (SSSR count). The molecule has 1 aromatic rings. The average molecular weight is 304 g/mol. The molecule has 1 aliphatic heterocycles. The Morgan fingerprint density at radius 1 is 1.25 bits per heavy atom. The number of halogens is 2. The first-order valence-electron chi connectivity index (χ1n) is 6.64. The van der Waals surface area contributed by atoms with Crippen LogP contribution in [0.3, 0.4) is 0 Å². The Morgan fingerprint density at radius 3 is 2.55 bits per heavy atom. The molecular formula is C13H18F2N2O2S. The van der Waals surface area contributed by atoms with Gasteiger partial charge in [-0.25, -0.2) is 21.9 Å². The third-order valence-electron chi connectivity index (χ3n) is 3.39. The van der Waals surface area contributed by atoms with Crippen molar-refractivity contribution in [2.75, 3.05) is 19.6 Å². The third-order valence-corrected chi connectivity index (χ3v) is 4.83. The van der Waals surface area contributed by atoms with Gasteiger partial charge in [-0.15, -0.1) is 0 Å². The Labute approximate surface area is 117 Å². The van der Waals surface area contributed by atoms with Gasteiger partial charge in [0.15, 0.2) is 0 Å². The highest BCUT2D eigenvalue weighted by molar-refractivity contribution is 7.89. The summed E-state index contributed by atoms with van der Waals surface area (Å²) in [6.07, 6.45) is 2.87. The van der Waals surface area contributed by atoms with E-state index in [0.29, 0.717) is 18.4 Å². The van der Waals surface area contributed by atoms with Crippen molar-refractivity contribution in [3.63, 3.8) is 0 Å². The monoisotopic (exact) mass is 304 g/mol. The van der Waals surface area contributed by atoms with Crippen LogP contribution >= 0.6 is 0 Å². The molecule has 0 amide bonds. The van der Waals surface area contributed by atoms with Gasteiger partial charge in [0.2, 0.25) is 10.0 Å². The molecule has 1 heterocycles. The molecule has 0 bridgehead atoms. The molecular weight excluding hydrogens is 286 g/mol. The predicted molar refractivity (Wildman–Crippen MR) is 71.8 cm³/mol. The fourth-order valence-electron chi connectivity index (χ4n) is 2.33. The topological polar surface area (TPSA) is 58.2 Å². The van der Waals surface area contributed by atoms with Crippen LogP contribution in [-0.4, -0.2) is 28.1 Å². The summed E-state index contributed by atoms with van der Waals surface area (Å²) in [6.45, 7) is 2.16. The van der Waals surface area contributed by atoms with Crippen molar-refractivity contribution in [1.29, 1.82) is 0 Å². The van der Waals surface area contributed by atoms with Gasteiger partial charge in [-0.2, -0.15) is 0 Å². The number of benzene rings is 1. The Kier molecular flexibility index (Phi) is 5.06. The second-order valence-corrected chi connectivity index (χ2v) is 6.77. The van der Waals surface area contributed by atoms with E-state index in [-0.39, 0.29) is 11.4 Å². The van der Waals surface area contributed by atoms with Crippen molar-refractivity contribution in [3.05, 3.63) is 29.8 Å². The van der Waals surface area contributed by atoms with Crippen LogP contribution in [0.2, 0.25) is 0 Å². The van der Waals surface area contributed by atoms with Crippen molar-refractivity contribution >= 4 is 10.0 Å². The molecule has 0 spiro atoms. The summed E-state index contributed by atoms with van der Waals surface area (Å²) in [5, 5.41) is 3.25. The molecule has 0 aliphatic carbocycles. The highest BCUT2D eigenvalue weighted by Crippen LogP contribution is 2.15. The minimum absolute atomic E-state index is 0.271. The maximum atomic E-state index is 13.0. The zero-order chi connectivity index (χ0) is 14.6. The zero-order valence-electron chi connectivity index (χ0n) is 11.0. The predicted octanol–water partition coefficient (Wildman–Crippen LogP) is 1.63. The standard InChI is InChI=1S/C13H18F2N2O2S/c14-11-6-12(15)8-13(7-11)20(18,19)17-5-3-10-2-1-4-16-9-10/h6-8,10,16-17H,1-5,9H2. The van der Waals surface area contributed by atoms with Crippen LogP contribution in [-0.2, 0) is 10.0 Å². The smallest absolute Gasteiger partial charge is 0.240 e. The van der Waals surface area contributed by atoms with Gasteiger partial charge in [0.1, 0.15) is 11.6 Å². The fourth-order valence-corrected chi connectivity index (χ4v) is 3.42. The van der Waals surface area contributed by atoms with Crippen molar-refractivity contribution in [3.8, 4) is 0 Å². The molecule has 112 valence electrons. The van der Waals surface area contributed by atoms with Gasteiger partial charge in [-0.1, -0.05) is 0 Å². The van der Waals surface area contributed by atoms with Gasteiger partial charge in [0.05, 0.1) is 4.90 Å². The molecule has 2 N–H and O–H groups in total. The van der Waals surface area contributed by atoms with Gasteiger partial charge in [-0.05, 0) is 50.4 Å². The van der Waals surface area contributed by atoms with Gasteiger partial charge in [-0.3, -0.25) is 0 Å². The summed E-state index contributed by atoms with van der Waals surface area (Å²) in [5.41, 5.74) is 0. The molecule has 1 aliphatic rings. The first-order chi connectivity index (χ1) is 9.47. The molecule has 1 fully saturated rings. The minimum atomic E-state index is -3.86. The van der Waals surface area contributed by atoms with E-state index < -0.39 is 21.7 Å². The summed E-state index contributed by atoms with van der Waals surface area (Å²) in [5.74, 6) is -1.36. The van der Waals surface area contributed by atoms with E-state index in [2.05, 4.69) is 10.0 Å². The number of piperidine rings is 1.